The van der Waals surface area contributed by atoms with Gasteiger partial charge in [0.2, 0.25) is 5.91 Å². The third-order valence-electron chi connectivity index (χ3n) is 4.40. The highest BCUT2D eigenvalue weighted by atomic mass is 35.5. The molecule has 3 rings (SSSR count). The lowest BCUT2D eigenvalue weighted by Crippen LogP contribution is -2.45. The molecule has 22 heavy (non-hydrogen) atoms. The van der Waals surface area contributed by atoms with Crippen molar-refractivity contribution in [2.45, 2.75) is 31.3 Å². The normalized spacial score (nSPS) is 38.0. The Labute approximate surface area is 130 Å². The summed E-state index contributed by atoms with van der Waals surface area (Å²) in [5.74, 6) is -2.90. The Balaban J connectivity index is 1.76. The van der Waals surface area contributed by atoms with E-state index in [9.17, 15) is 19.5 Å². The van der Waals surface area contributed by atoms with E-state index in [2.05, 4.69) is 0 Å². The van der Waals surface area contributed by atoms with Crippen molar-refractivity contribution in [2.75, 3.05) is 5.88 Å². The molecular weight excluding hydrogens is 318 g/mol. The highest BCUT2D eigenvalue weighted by Crippen LogP contribution is 2.60. The number of nitrogens with one attached hydrogen (secondary N) is 1. The number of imide groups is 1. The second-order valence-corrected chi connectivity index (χ2v) is 5.90. The first-order valence-electron chi connectivity index (χ1n) is 6.70. The molecule has 1 saturated heterocycles. The van der Waals surface area contributed by atoms with Crippen LogP contribution >= 0.6 is 11.6 Å². The van der Waals surface area contributed by atoms with Gasteiger partial charge < -0.3 is 19.3 Å². The molecular formula is C13H14ClNO7. The maximum Gasteiger partial charge on any atom is 0.416 e. The number of rotatable bonds is 3. The smallest absolute Gasteiger partial charge is 0.416 e. The number of ether oxygens (including phenoxy) is 3. The van der Waals surface area contributed by atoms with E-state index in [1.807, 2.05) is 12.2 Å². The van der Waals surface area contributed by atoms with Crippen molar-refractivity contribution in [2.24, 2.45) is 11.8 Å². The fourth-order valence-corrected chi connectivity index (χ4v) is 3.38. The maximum atomic E-state index is 11.6. The second kappa shape index (κ2) is 5.13. The Hall–Kier alpha value is -1.80. The largest absolute Gasteiger partial charge is 0.478 e. The highest BCUT2D eigenvalue weighted by molar-refractivity contribution is 6.28. The molecule has 1 aliphatic carbocycles. The fourth-order valence-electron chi connectivity index (χ4n) is 3.31. The van der Waals surface area contributed by atoms with Crippen molar-refractivity contribution in [3.63, 3.8) is 0 Å². The van der Waals surface area contributed by atoms with Gasteiger partial charge in [0.15, 0.2) is 0 Å². The summed E-state index contributed by atoms with van der Waals surface area (Å²) in [6.45, 7) is 1.83. The molecule has 120 valence electrons. The van der Waals surface area contributed by atoms with Crippen LogP contribution in [0.1, 0.15) is 13.3 Å². The number of hydrogen-bond donors (Lipinski definition) is 2. The van der Waals surface area contributed by atoms with Gasteiger partial charge in [-0.3, -0.25) is 10.1 Å². The van der Waals surface area contributed by atoms with E-state index in [0.29, 0.717) is 6.42 Å². The Morgan fingerprint density at radius 2 is 2.27 bits per heavy atom. The number of carboxylic acid groups (broad SMARTS) is 1. The first-order valence-corrected chi connectivity index (χ1v) is 7.23. The van der Waals surface area contributed by atoms with Gasteiger partial charge in [0.25, 0.3) is 6.29 Å². The molecule has 0 aromatic heterocycles. The molecule has 2 heterocycles. The second-order valence-electron chi connectivity index (χ2n) is 5.63. The molecule has 3 aliphatic rings. The van der Waals surface area contributed by atoms with E-state index < -0.39 is 35.8 Å². The van der Waals surface area contributed by atoms with E-state index in [1.165, 1.54) is 0 Å². The van der Waals surface area contributed by atoms with E-state index in [4.69, 9.17) is 25.8 Å². The van der Waals surface area contributed by atoms with Crippen LogP contribution in [-0.2, 0) is 23.8 Å². The lowest BCUT2D eigenvalue weighted by Gasteiger charge is -2.35. The molecule has 2 fully saturated rings. The fraction of sp³-hybridized carbons (Fsp3) is 0.615. The van der Waals surface area contributed by atoms with Crippen molar-refractivity contribution >= 4 is 29.6 Å². The first kappa shape index (κ1) is 15.1. The summed E-state index contributed by atoms with van der Waals surface area (Å²) in [4.78, 5) is 34.0. The predicted molar refractivity (Wildman–Crippen MR) is 70.8 cm³/mol. The summed E-state index contributed by atoms with van der Waals surface area (Å²) in [5.41, 5.74) is -0.444. The Morgan fingerprint density at radius 1 is 1.55 bits per heavy atom. The third kappa shape index (κ3) is 2.32. The number of carboxylic acids is 1. The summed E-state index contributed by atoms with van der Waals surface area (Å²) in [7, 11) is 0. The molecule has 0 unspecified atom stereocenters. The van der Waals surface area contributed by atoms with Crippen LogP contribution < -0.4 is 5.32 Å². The number of hydrogen-bond acceptors (Lipinski definition) is 6. The molecule has 0 radical (unpaired) electrons. The lowest BCUT2D eigenvalue weighted by molar-refractivity contribution is -0.148. The van der Waals surface area contributed by atoms with Crippen LogP contribution in [0.4, 0.5) is 4.79 Å². The number of alkyl carbamates (subject to hydrolysis) is 1. The van der Waals surface area contributed by atoms with Gasteiger partial charge in [-0.05, 0) is 13.3 Å². The Bertz CT molecular complexity index is 577. The number of epoxide rings is 1. The van der Waals surface area contributed by atoms with E-state index >= 15 is 0 Å². The summed E-state index contributed by atoms with van der Waals surface area (Å²) in [5, 5.41) is 11.2. The van der Waals surface area contributed by atoms with Crippen LogP contribution in [0.25, 0.3) is 0 Å². The average Bonchev–Trinajstić information content (AvgIpc) is 3.00. The monoisotopic (exact) mass is 331 g/mol. The van der Waals surface area contributed by atoms with Gasteiger partial charge in [0.1, 0.15) is 11.5 Å². The van der Waals surface area contributed by atoms with Gasteiger partial charge in [-0.15, -0.1) is 11.6 Å². The van der Waals surface area contributed by atoms with Gasteiger partial charge in [-0.2, -0.15) is 0 Å². The quantitative estimate of drug-likeness (QED) is 0.574. The number of alkyl halides is 1. The number of carbonyl (C=O) groups is 3. The van der Waals surface area contributed by atoms with E-state index in [-0.39, 0.29) is 23.5 Å². The zero-order valence-electron chi connectivity index (χ0n) is 11.6. The zero-order valence-corrected chi connectivity index (χ0v) is 12.3. The molecule has 8 nitrogen and oxygen atoms in total. The zero-order chi connectivity index (χ0) is 16.1. The number of fused-ring (bicyclic) bond motifs is 3. The molecule has 5 atom stereocenters. The minimum Gasteiger partial charge on any atom is -0.478 e. The van der Waals surface area contributed by atoms with Crippen molar-refractivity contribution in [1.29, 1.82) is 0 Å². The van der Waals surface area contributed by atoms with E-state index in [1.54, 1.807) is 0 Å². The molecule has 9 heteroatoms. The Kier molecular flexibility index (Phi) is 3.53. The van der Waals surface area contributed by atoms with Gasteiger partial charge in [0.05, 0.1) is 23.9 Å². The predicted octanol–water partition coefficient (Wildman–Crippen LogP) is 0.596. The van der Waals surface area contributed by atoms with Gasteiger partial charge in [-0.1, -0.05) is 0 Å². The van der Waals surface area contributed by atoms with Crippen LogP contribution in [0.5, 0.6) is 0 Å². The molecule has 0 aromatic rings. The van der Waals surface area contributed by atoms with Crippen LogP contribution in [0.15, 0.2) is 11.8 Å². The van der Waals surface area contributed by atoms with Crippen molar-refractivity contribution in [1.82, 2.24) is 5.32 Å². The third-order valence-corrected chi connectivity index (χ3v) is 4.64. The minimum absolute atomic E-state index is 0.0782. The standard InChI is InChI=1S/C13H14ClNO7/c1-13-7(22-13)2-5-6(10(17)18)4-20-11(9(5)13)21-12(19)15-8(16)3-14/h4-5,7,9,11H,2-3H2,1H3,(H,17,18)(H,15,16,19)/t5-,7+,9+,11-,13+/m1/s1. The first-order chi connectivity index (χ1) is 10.4. The number of amides is 2. The molecule has 1 saturated carbocycles. The van der Waals surface area contributed by atoms with Crippen LogP contribution in [0, 0.1) is 11.8 Å². The number of aliphatic carboxylic acids is 1. The molecule has 0 bridgehead atoms. The summed E-state index contributed by atoms with van der Waals surface area (Å²) in [6, 6.07) is 0. The Morgan fingerprint density at radius 3 is 2.91 bits per heavy atom. The SMILES string of the molecule is C[C@]12O[C@H]1C[C@@H]1C(C(=O)O)=CO[C@H](OC(=O)NC(=O)CCl)[C@H]12. The molecule has 2 aliphatic heterocycles. The molecule has 2 N–H and O–H groups in total. The minimum atomic E-state index is -1.07. The van der Waals surface area contributed by atoms with Gasteiger partial charge >= 0.3 is 12.1 Å². The molecule has 0 aromatic carbocycles. The summed E-state index contributed by atoms with van der Waals surface area (Å²) >= 11 is 5.29. The van der Waals surface area contributed by atoms with Crippen molar-refractivity contribution < 1.29 is 33.7 Å². The lowest BCUT2D eigenvalue weighted by atomic mass is 9.82. The van der Waals surface area contributed by atoms with Gasteiger partial charge in [0, 0.05) is 5.92 Å². The van der Waals surface area contributed by atoms with Crippen LogP contribution in [0.3, 0.4) is 0 Å². The average molecular weight is 332 g/mol. The maximum absolute atomic E-state index is 11.6. The molecule has 2 amide bonds. The van der Waals surface area contributed by atoms with Crippen molar-refractivity contribution in [3.8, 4) is 0 Å². The molecule has 0 spiro atoms. The van der Waals surface area contributed by atoms with Gasteiger partial charge in [-0.25, -0.2) is 9.59 Å². The van der Waals surface area contributed by atoms with E-state index in [0.717, 1.165) is 6.26 Å². The summed E-state index contributed by atoms with van der Waals surface area (Å²) < 4.78 is 15.9. The number of halogens is 1. The van der Waals surface area contributed by atoms with Crippen molar-refractivity contribution in [3.05, 3.63) is 11.8 Å². The van der Waals surface area contributed by atoms with Crippen LogP contribution in [-0.4, -0.2) is 47.0 Å². The number of carbonyl (C=O) groups excluding carboxylic acids is 2. The van der Waals surface area contributed by atoms with Crippen LogP contribution in [0.2, 0.25) is 0 Å². The highest BCUT2D eigenvalue weighted by Gasteiger charge is 2.70. The summed E-state index contributed by atoms with van der Waals surface area (Å²) in [6.07, 6.45) is -0.461. The topological polar surface area (TPSA) is 114 Å².